The Morgan fingerprint density at radius 1 is 1.19 bits per heavy atom. The molecular weight excluding hydrogens is 346 g/mol. The average Bonchev–Trinajstić information content (AvgIpc) is 2.69. The standard InChI is InChI=1S/C20H29N3O4/c1-4-23(5-2)19(25)16-7-6-8-17(13-16)21-18(24)14-22-11-9-15(10-12-22)20(26)27-3/h6-8,13,15H,4-5,9-12,14H2,1-3H3,(H,21,24). The van der Waals surface area contributed by atoms with Crippen molar-refractivity contribution in [3.05, 3.63) is 29.8 Å². The zero-order chi connectivity index (χ0) is 19.8. The summed E-state index contributed by atoms with van der Waals surface area (Å²) in [6, 6.07) is 7.02. The van der Waals surface area contributed by atoms with E-state index < -0.39 is 0 Å². The third-order valence-corrected chi connectivity index (χ3v) is 4.93. The molecule has 1 heterocycles. The third kappa shape index (κ3) is 5.79. The third-order valence-electron chi connectivity index (χ3n) is 4.93. The summed E-state index contributed by atoms with van der Waals surface area (Å²) in [5, 5.41) is 2.86. The molecule has 0 spiro atoms. The Morgan fingerprint density at radius 2 is 1.85 bits per heavy atom. The minimum atomic E-state index is -0.172. The number of likely N-dealkylation sites (tertiary alicyclic amines) is 1. The topological polar surface area (TPSA) is 79.0 Å². The summed E-state index contributed by atoms with van der Waals surface area (Å²) in [5.41, 5.74) is 1.18. The molecule has 0 aromatic heterocycles. The van der Waals surface area contributed by atoms with Crippen LogP contribution in [0.25, 0.3) is 0 Å². The number of nitrogens with one attached hydrogen (secondary N) is 1. The number of amides is 2. The summed E-state index contributed by atoms with van der Waals surface area (Å²) in [6.45, 7) is 6.82. The summed E-state index contributed by atoms with van der Waals surface area (Å²) in [6.07, 6.45) is 1.40. The predicted molar refractivity (Wildman–Crippen MR) is 104 cm³/mol. The van der Waals surface area contributed by atoms with Crippen molar-refractivity contribution >= 4 is 23.5 Å². The number of methoxy groups -OCH3 is 1. The number of benzene rings is 1. The molecule has 148 valence electrons. The lowest BCUT2D eigenvalue weighted by Gasteiger charge is -2.29. The minimum Gasteiger partial charge on any atom is -0.469 e. The zero-order valence-corrected chi connectivity index (χ0v) is 16.4. The minimum absolute atomic E-state index is 0.0408. The maximum absolute atomic E-state index is 12.4. The van der Waals surface area contributed by atoms with Crippen molar-refractivity contribution < 1.29 is 19.1 Å². The number of esters is 1. The Morgan fingerprint density at radius 3 is 2.44 bits per heavy atom. The van der Waals surface area contributed by atoms with Crippen molar-refractivity contribution in [2.75, 3.05) is 45.2 Å². The molecule has 0 saturated carbocycles. The molecule has 1 fully saturated rings. The summed E-state index contributed by atoms with van der Waals surface area (Å²) in [4.78, 5) is 40.1. The molecule has 1 aromatic rings. The fourth-order valence-corrected chi connectivity index (χ4v) is 3.32. The van der Waals surface area contributed by atoms with Gasteiger partial charge in [0.1, 0.15) is 0 Å². The van der Waals surface area contributed by atoms with Crippen LogP contribution in [0.1, 0.15) is 37.0 Å². The molecule has 0 radical (unpaired) electrons. The Balaban J connectivity index is 1.88. The number of hydrogen-bond donors (Lipinski definition) is 1. The number of carbonyl (C=O) groups excluding carboxylic acids is 3. The lowest BCUT2D eigenvalue weighted by molar-refractivity contribution is -0.147. The van der Waals surface area contributed by atoms with Crippen LogP contribution in [-0.4, -0.2) is 67.4 Å². The first-order valence-corrected chi connectivity index (χ1v) is 9.47. The molecule has 1 aromatic carbocycles. The monoisotopic (exact) mass is 375 g/mol. The zero-order valence-electron chi connectivity index (χ0n) is 16.4. The first kappa shape index (κ1) is 20.9. The number of rotatable bonds is 7. The van der Waals surface area contributed by atoms with Gasteiger partial charge in [-0.25, -0.2) is 0 Å². The smallest absolute Gasteiger partial charge is 0.308 e. The largest absolute Gasteiger partial charge is 0.469 e. The van der Waals surface area contributed by atoms with Crippen LogP contribution in [0.15, 0.2) is 24.3 Å². The highest BCUT2D eigenvalue weighted by Gasteiger charge is 2.26. The Bertz CT molecular complexity index is 665. The Labute approximate surface area is 160 Å². The maximum Gasteiger partial charge on any atom is 0.308 e. The molecule has 0 bridgehead atoms. The van der Waals surface area contributed by atoms with E-state index >= 15 is 0 Å². The van der Waals surface area contributed by atoms with E-state index in [-0.39, 0.29) is 30.2 Å². The van der Waals surface area contributed by atoms with Crippen LogP contribution in [0.2, 0.25) is 0 Å². The fourth-order valence-electron chi connectivity index (χ4n) is 3.32. The summed E-state index contributed by atoms with van der Waals surface area (Å²) in [5.74, 6) is -0.411. The molecule has 1 aliphatic rings. The van der Waals surface area contributed by atoms with Gasteiger partial charge in [0.15, 0.2) is 0 Å². The van der Waals surface area contributed by atoms with Gasteiger partial charge in [-0.15, -0.1) is 0 Å². The van der Waals surface area contributed by atoms with Gasteiger partial charge in [0, 0.05) is 24.3 Å². The summed E-state index contributed by atoms with van der Waals surface area (Å²) < 4.78 is 4.78. The van der Waals surface area contributed by atoms with Crippen LogP contribution in [0.4, 0.5) is 5.69 Å². The normalized spacial score (nSPS) is 15.2. The van der Waals surface area contributed by atoms with Gasteiger partial charge in [-0.2, -0.15) is 0 Å². The van der Waals surface area contributed by atoms with E-state index in [4.69, 9.17) is 4.74 Å². The van der Waals surface area contributed by atoms with Crippen LogP contribution >= 0.6 is 0 Å². The van der Waals surface area contributed by atoms with E-state index in [0.717, 1.165) is 0 Å². The average molecular weight is 375 g/mol. The van der Waals surface area contributed by atoms with Crippen LogP contribution in [0.3, 0.4) is 0 Å². The van der Waals surface area contributed by atoms with Gasteiger partial charge in [0.25, 0.3) is 5.91 Å². The van der Waals surface area contributed by atoms with Crippen molar-refractivity contribution in [2.45, 2.75) is 26.7 Å². The molecule has 7 nitrogen and oxygen atoms in total. The van der Waals surface area contributed by atoms with Gasteiger partial charge in [-0.05, 0) is 58.0 Å². The summed E-state index contributed by atoms with van der Waals surface area (Å²) in [7, 11) is 1.40. The fraction of sp³-hybridized carbons (Fsp3) is 0.550. The van der Waals surface area contributed by atoms with Gasteiger partial charge >= 0.3 is 5.97 Å². The molecule has 7 heteroatoms. The second kappa shape index (κ2) is 10.1. The van der Waals surface area contributed by atoms with Crippen LogP contribution in [-0.2, 0) is 14.3 Å². The predicted octanol–water partition coefficient (Wildman–Crippen LogP) is 1.99. The van der Waals surface area contributed by atoms with Gasteiger partial charge in [-0.3, -0.25) is 19.3 Å². The van der Waals surface area contributed by atoms with E-state index in [1.54, 1.807) is 29.2 Å². The highest BCUT2D eigenvalue weighted by Crippen LogP contribution is 2.18. The van der Waals surface area contributed by atoms with E-state index in [2.05, 4.69) is 5.32 Å². The quantitative estimate of drug-likeness (QED) is 0.738. The van der Waals surface area contributed by atoms with Crippen LogP contribution in [0.5, 0.6) is 0 Å². The number of nitrogens with zero attached hydrogens (tertiary/aromatic N) is 2. The first-order valence-electron chi connectivity index (χ1n) is 9.47. The molecule has 27 heavy (non-hydrogen) atoms. The SMILES string of the molecule is CCN(CC)C(=O)c1cccc(NC(=O)CN2CCC(C(=O)OC)CC2)c1. The van der Waals surface area contributed by atoms with E-state index in [1.807, 2.05) is 18.7 Å². The molecule has 0 aliphatic carbocycles. The number of ether oxygens (including phenoxy) is 1. The lowest BCUT2D eigenvalue weighted by Crippen LogP contribution is -2.41. The van der Waals surface area contributed by atoms with Crippen molar-refractivity contribution in [2.24, 2.45) is 5.92 Å². The molecule has 1 saturated heterocycles. The molecule has 0 unspecified atom stereocenters. The Hall–Kier alpha value is -2.41. The number of piperidine rings is 1. The second-order valence-electron chi connectivity index (χ2n) is 6.68. The van der Waals surface area contributed by atoms with Gasteiger partial charge in [-0.1, -0.05) is 6.07 Å². The molecule has 0 atom stereocenters. The maximum atomic E-state index is 12.4. The lowest BCUT2D eigenvalue weighted by atomic mass is 9.97. The Kier molecular flexibility index (Phi) is 7.79. The van der Waals surface area contributed by atoms with Gasteiger partial charge < -0.3 is 15.0 Å². The van der Waals surface area contributed by atoms with Crippen molar-refractivity contribution in [1.82, 2.24) is 9.80 Å². The van der Waals surface area contributed by atoms with E-state index in [1.165, 1.54) is 7.11 Å². The molecular formula is C20H29N3O4. The van der Waals surface area contributed by atoms with E-state index in [9.17, 15) is 14.4 Å². The van der Waals surface area contributed by atoms with Gasteiger partial charge in [0.05, 0.1) is 19.6 Å². The summed E-state index contributed by atoms with van der Waals surface area (Å²) >= 11 is 0. The first-order chi connectivity index (χ1) is 13.0. The number of anilines is 1. The molecule has 1 N–H and O–H groups in total. The molecule has 2 rings (SSSR count). The molecule has 1 aliphatic heterocycles. The number of hydrogen-bond acceptors (Lipinski definition) is 5. The van der Waals surface area contributed by atoms with E-state index in [0.29, 0.717) is 50.3 Å². The van der Waals surface area contributed by atoms with Crippen molar-refractivity contribution in [3.63, 3.8) is 0 Å². The van der Waals surface area contributed by atoms with Crippen molar-refractivity contribution in [1.29, 1.82) is 0 Å². The molecule has 2 amide bonds. The second-order valence-corrected chi connectivity index (χ2v) is 6.68. The van der Waals surface area contributed by atoms with Crippen molar-refractivity contribution in [3.8, 4) is 0 Å². The van der Waals surface area contributed by atoms with Gasteiger partial charge in [0.2, 0.25) is 5.91 Å². The highest BCUT2D eigenvalue weighted by atomic mass is 16.5. The number of carbonyl (C=O) groups is 3. The van der Waals surface area contributed by atoms with Crippen LogP contribution < -0.4 is 5.32 Å². The highest BCUT2D eigenvalue weighted by molar-refractivity contribution is 5.97. The van der Waals surface area contributed by atoms with Crippen LogP contribution in [0, 0.1) is 5.92 Å².